The average molecular weight is 265 g/mol. The third kappa shape index (κ3) is 8.12. The van der Waals surface area contributed by atoms with E-state index in [9.17, 15) is 13.2 Å². The number of carbonyl (C=O) groups is 1. The van der Waals surface area contributed by atoms with E-state index in [0.717, 1.165) is 6.26 Å². The van der Waals surface area contributed by atoms with Crippen molar-refractivity contribution >= 4 is 15.9 Å². The molecular weight excluding hydrogens is 242 g/mol. The largest absolute Gasteiger partial charge is 0.354 e. The van der Waals surface area contributed by atoms with Crippen LogP contribution in [0.1, 0.15) is 27.2 Å². The third-order valence-corrected chi connectivity index (χ3v) is 3.14. The quantitative estimate of drug-likeness (QED) is 0.573. The van der Waals surface area contributed by atoms with Gasteiger partial charge in [-0.15, -0.1) is 0 Å². The molecule has 1 atom stereocenters. The minimum absolute atomic E-state index is 0.112. The van der Waals surface area contributed by atoms with Gasteiger partial charge < -0.3 is 11.1 Å². The van der Waals surface area contributed by atoms with Crippen LogP contribution < -0.4 is 15.8 Å². The fraction of sp³-hybridized carbons (Fsp3) is 0.900. The standard InChI is InChI=1S/C10H23N3O3S/c1-8(5-6-11)9(14)12-7-10(2,3)13-17(4,15)16/h8,13H,5-7,11H2,1-4H3,(H,12,14). The Hall–Kier alpha value is -0.660. The summed E-state index contributed by atoms with van der Waals surface area (Å²) in [6.07, 6.45) is 1.71. The van der Waals surface area contributed by atoms with Crippen LogP contribution in [0.3, 0.4) is 0 Å². The van der Waals surface area contributed by atoms with Crippen LogP contribution in [0.15, 0.2) is 0 Å². The lowest BCUT2D eigenvalue weighted by atomic mass is 10.0. The van der Waals surface area contributed by atoms with E-state index in [2.05, 4.69) is 10.0 Å². The van der Waals surface area contributed by atoms with E-state index in [0.29, 0.717) is 13.0 Å². The Kier molecular flexibility index (Phi) is 6.08. The van der Waals surface area contributed by atoms with Crippen molar-refractivity contribution in [3.05, 3.63) is 0 Å². The lowest BCUT2D eigenvalue weighted by Crippen LogP contribution is -2.51. The van der Waals surface area contributed by atoms with Crippen LogP contribution in [0, 0.1) is 5.92 Å². The molecule has 0 radical (unpaired) electrons. The molecule has 0 saturated heterocycles. The van der Waals surface area contributed by atoms with E-state index in [4.69, 9.17) is 5.73 Å². The summed E-state index contributed by atoms with van der Waals surface area (Å²) in [4.78, 5) is 11.6. The van der Waals surface area contributed by atoms with Crippen molar-refractivity contribution in [1.82, 2.24) is 10.0 Å². The molecule has 1 amide bonds. The first-order valence-corrected chi connectivity index (χ1v) is 7.43. The first-order valence-electron chi connectivity index (χ1n) is 5.54. The zero-order valence-corrected chi connectivity index (χ0v) is 11.7. The molecule has 0 aliphatic rings. The Balaban J connectivity index is 4.23. The molecule has 0 aromatic carbocycles. The Morgan fingerprint density at radius 1 is 1.41 bits per heavy atom. The molecule has 6 nitrogen and oxygen atoms in total. The summed E-state index contributed by atoms with van der Waals surface area (Å²) in [6.45, 7) is 5.91. The lowest BCUT2D eigenvalue weighted by Gasteiger charge is -2.26. The second kappa shape index (κ2) is 6.32. The predicted molar refractivity (Wildman–Crippen MR) is 67.9 cm³/mol. The molecule has 102 valence electrons. The van der Waals surface area contributed by atoms with Crippen LogP contribution in [0.4, 0.5) is 0 Å². The topological polar surface area (TPSA) is 101 Å². The van der Waals surface area contributed by atoms with Crippen LogP contribution in [0.5, 0.6) is 0 Å². The van der Waals surface area contributed by atoms with Crippen molar-refractivity contribution in [3.63, 3.8) is 0 Å². The molecule has 0 spiro atoms. The molecule has 0 aromatic rings. The molecule has 0 saturated carbocycles. The van der Waals surface area contributed by atoms with Crippen LogP contribution in [-0.2, 0) is 14.8 Å². The molecule has 0 aliphatic carbocycles. The van der Waals surface area contributed by atoms with Crippen molar-refractivity contribution in [2.75, 3.05) is 19.3 Å². The highest BCUT2D eigenvalue weighted by Crippen LogP contribution is 2.04. The molecule has 0 aromatic heterocycles. The van der Waals surface area contributed by atoms with Gasteiger partial charge in [-0.1, -0.05) is 6.92 Å². The Morgan fingerprint density at radius 3 is 2.35 bits per heavy atom. The average Bonchev–Trinajstić information content (AvgIpc) is 2.10. The van der Waals surface area contributed by atoms with Crippen LogP contribution in [0.25, 0.3) is 0 Å². The zero-order chi connectivity index (χ0) is 13.7. The van der Waals surface area contributed by atoms with Crippen molar-refractivity contribution < 1.29 is 13.2 Å². The fourth-order valence-electron chi connectivity index (χ4n) is 1.40. The lowest BCUT2D eigenvalue weighted by molar-refractivity contribution is -0.124. The zero-order valence-electron chi connectivity index (χ0n) is 10.9. The molecule has 4 N–H and O–H groups in total. The number of hydrogen-bond donors (Lipinski definition) is 3. The molecule has 17 heavy (non-hydrogen) atoms. The molecule has 0 heterocycles. The van der Waals surface area contributed by atoms with Gasteiger partial charge in [0.15, 0.2) is 0 Å². The highest BCUT2D eigenvalue weighted by atomic mass is 32.2. The minimum atomic E-state index is -3.28. The number of sulfonamides is 1. The second-order valence-corrected chi connectivity index (χ2v) is 6.70. The summed E-state index contributed by atoms with van der Waals surface area (Å²) in [5.74, 6) is -0.271. The summed E-state index contributed by atoms with van der Waals surface area (Å²) in [5.41, 5.74) is 4.66. The van der Waals surface area contributed by atoms with E-state index >= 15 is 0 Å². The Morgan fingerprint density at radius 2 is 1.94 bits per heavy atom. The van der Waals surface area contributed by atoms with E-state index in [-0.39, 0.29) is 18.4 Å². The van der Waals surface area contributed by atoms with E-state index in [1.54, 1.807) is 20.8 Å². The first-order chi connectivity index (χ1) is 7.57. The number of nitrogens with two attached hydrogens (primary N) is 1. The number of rotatable bonds is 7. The van der Waals surface area contributed by atoms with Gasteiger partial charge in [-0.05, 0) is 26.8 Å². The van der Waals surface area contributed by atoms with Gasteiger partial charge in [0, 0.05) is 18.0 Å². The fourth-order valence-corrected chi connectivity index (χ4v) is 2.48. The van der Waals surface area contributed by atoms with Gasteiger partial charge in [0.05, 0.1) is 6.26 Å². The monoisotopic (exact) mass is 265 g/mol. The van der Waals surface area contributed by atoms with Crippen molar-refractivity contribution in [2.24, 2.45) is 11.7 Å². The predicted octanol–water partition coefficient (Wildman–Crippen LogP) is -0.585. The Labute approximate surface area is 103 Å². The maximum atomic E-state index is 11.6. The van der Waals surface area contributed by atoms with Crippen molar-refractivity contribution in [3.8, 4) is 0 Å². The molecule has 0 bridgehead atoms. The van der Waals surface area contributed by atoms with Gasteiger partial charge in [-0.2, -0.15) is 0 Å². The molecule has 7 heteroatoms. The number of amides is 1. The van der Waals surface area contributed by atoms with Gasteiger partial charge >= 0.3 is 0 Å². The maximum Gasteiger partial charge on any atom is 0.222 e. The van der Waals surface area contributed by atoms with Gasteiger partial charge in [-0.3, -0.25) is 4.79 Å². The summed E-state index contributed by atoms with van der Waals surface area (Å²) >= 11 is 0. The van der Waals surface area contributed by atoms with Gasteiger partial charge in [0.25, 0.3) is 0 Å². The number of carbonyl (C=O) groups excluding carboxylic acids is 1. The van der Waals surface area contributed by atoms with Crippen LogP contribution >= 0.6 is 0 Å². The normalized spacial score (nSPS) is 14.4. The van der Waals surface area contributed by atoms with E-state index < -0.39 is 15.6 Å². The van der Waals surface area contributed by atoms with Gasteiger partial charge in [0.2, 0.25) is 15.9 Å². The molecular formula is C10H23N3O3S. The van der Waals surface area contributed by atoms with Gasteiger partial charge in [-0.25, -0.2) is 13.1 Å². The number of nitrogens with one attached hydrogen (secondary N) is 2. The second-order valence-electron chi connectivity index (χ2n) is 4.95. The molecule has 1 unspecified atom stereocenters. The first kappa shape index (κ1) is 16.3. The van der Waals surface area contributed by atoms with Crippen LogP contribution in [-0.4, -0.2) is 39.2 Å². The van der Waals surface area contributed by atoms with Crippen molar-refractivity contribution in [1.29, 1.82) is 0 Å². The van der Waals surface area contributed by atoms with Crippen molar-refractivity contribution in [2.45, 2.75) is 32.7 Å². The van der Waals surface area contributed by atoms with Gasteiger partial charge in [0.1, 0.15) is 0 Å². The summed E-state index contributed by atoms with van der Waals surface area (Å²) in [7, 11) is -3.28. The third-order valence-electron chi connectivity index (χ3n) is 2.21. The summed E-state index contributed by atoms with van der Waals surface area (Å²) < 4.78 is 24.6. The highest BCUT2D eigenvalue weighted by molar-refractivity contribution is 7.88. The summed E-state index contributed by atoms with van der Waals surface area (Å²) in [5, 5.41) is 2.71. The smallest absolute Gasteiger partial charge is 0.222 e. The Bertz CT molecular complexity index is 352. The SMILES string of the molecule is CC(CCN)C(=O)NCC(C)(C)NS(C)(=O)=O. The molecule has 0 aliphatic heterocycles. The van der Waals surface area contributed by atoms with E-state index in [1.165, 1.54) is 0 Å². The minimum Gasteiger partial charge on any atom is -0.354 e. The number of hydrogen-bond acceptors (Lipinski definition) is 4. The molecule has 0 fully saturated rings. The maximum absolute atomic E-state index is 11.6. The summed E-state index contributed by atoms with van der Waals surface area (Å²) in [6, 6.07) is 0. The van der Waals surface area contributed by atoms with Crippen LogP contribution in [0.2, 0.25) is 0 Å². The van der Waals surface area contributed by atoms with E-state index in [1.807, 2.05) is 0 Å². The molecule has 0 rings (SSSR count). The highest BCUT2D eigenvalue weighted by Gasteiger charge is 2.23.